The maximum atomic E-state index is 12.1. The maximum Gasteiger partial charge on any atom is 0.330 e. The Morgan fingerprint density at radius 3 is 2.74 bits per heavy atom. The first kappa shape index (κ1) is 15.4. The number of rotatable bonds is 4. The van der Waals surface area contributed by atoms with Crippen molar-refractivity contribution >= 4 is 27.8 Å². The molecule has 0 spiro atoms. The van der Waals surface area contributed by atoms with E-state index in [-0.39, 0.29) is 18.5 Å². The molecule has 1 aromatic carbocycles. The number of benzene rings is 1. The van der Waals surface area contributed by atoms with Gasteiger partial charge in [0.25, 0.3) is 0 Å². The number of ether oxygens (including phenoxy) is 1. The Kier molecular flexibility index (Phi) is 4.00. The number of aliphatic hydroxyl groups excluding tert-OH is 1. The summed E-state index contributed by atoms with van der Waals surface area (Å²) >= 11 is 0. The Balaban J connectivity index is 2.18. The van der Waals surface area contributed by atoms with Gasteiger partial charge in [-0.2, -0.15) is 5.10 Å². The van der Waals surface area contributed by atoms with Crippen LogP contribution in [-0.4, -0.2) is 33.0 Å². The molecule has 0 bridgehead atoms. The fourth-order valence-electron chi connectivity index (χ4n) is 2.80. The normalized spacial score (nSPS) is 12.9. The first-order valence-electron chi connectivity index (χ1n) is 7.50. The van der Waals surface area contributed by atoms with Gasteiger partial charge in [0.05, 0.1) is 25.4 Å². The summed E-state index contributed by atoms with van der Waals surface area (Å²) in [6, 6.07) is 5.16. The number of aliphatic hydroxyl groups is 1. The van der Waals surface area contributed by atoms with E-state index in [0.717, 1.165) is 27.4 Å². The van der Waals surface area contributed by atoms with Crippen molar-refractivity contribution in [2.24, 2.45) is 5.92 Å². The summed E-state index contributed by atoms with van der Waals surface area (Å²) in [6.07, 6.45) is 3.55. The third-order valence-corrected chi connectivity index (χ3v) is 3.98. The monoisotopic (exact) mass is 313 g/mol. The predicted molar refractivity (Wildman–Crippen MR) is 86.8 cm³/mol. The molecule has 1 atom stereocenters. The number of nitrogens with zero attached hydrogens (tertiary/aromatic N) is 3. The first-order chi connectivity index (χ1) is 11.0. The Morgan fingerprint density at radius 2 is 2.09 bits per heavy atom. The smallest absolute Gasteiger partial charge is 0.330 e. The minimum atomic E-state index is -0.473. The summed E-state index contributed by atoms with van der Waals surface area (Å²) in [7, 11) is 1.38. The molecule has 2 heterocycles. The molecule has 23 heavy (non-hydrogen) atoms. The van der Waals surface area contributed by atoms with Crippen LogP contribution in [0.5, 0.6) is 0 Å². The van der Waals surface area contributed by atoms with E-state index in [2.05, 4.69) is 10.1 Å². The SMILES string of the molecule is COC(=O)C(C(C)C)n1cc2c(cnc3cc(CO)ccc32)n1. The molecule has 0 saturated heterocycles. The van der Waals surface area contributed by atoms with E-state index >= 15 is 0 Å². The van der Waals surface area contributed by atoms with Gasteiger partial charge in [-0.15, -0.1) is 0 Å². The number of fused-ring (bicyclic) bond motifs is 3. The molecule has 120 valence electrons. The molecule has 0 fully saturated rings. The van der Waals surface area contributed by atoms with Crippen molar-refractivity contribution in [2.45, 2.75) is 26.5 Å². The second-order valence-corrected chi connectivity index (χ2v) is 5.89. The summed E-state index contributed by atoms with van der Waals surface area (Å²) in [5.74, 6) is -0.260. The molecule has 1 unspecified atom stereocenters. The van der Waals surface area contributed by atoms with Crippen molar-refractivity contribution in [3.05, 3.63) is 36.2 Å². The Labute approximate surface area is 133 Å². The standard InChI is InChI=1S/C17H19N3O3/c1-10(2)16(17(22)23-3)20-8-13-12-5-4-11(9-21)6-14(12)18-7-15(13)19-20/h4-8,10,16,21H,9H2,1-3H3. The number of hydrogen-bond acceptors (Lipinski definition) is 5. The summed E-state index contributed by atoms with van der Waals surface area (Å²) < 4.78 is 6.55. The zero-order chi connectivity index (χ0) is 16.6. The zero-order valence-corrected chi connectivity index (χ0v) is 13.4. The van der Waals surface area contributed by atoms with Crippen LogP contribution >= 0.6 is 0 Å². The minimum absolute atomic E-state index is 0.0211. The van der Waals surface area contributed by atoms with Crippen LogP contribution in [0.15, 0.2) is 30.6 Å². The number of pyridine rings is 1. The van der Waals surface area contributed by atoms with Crippen LogP contribution in [-0.2, 0) is 16.1 Å². The van der Waals surface area contributed by atoms with Crippen molar-refractivity contribution in [1.29, 1.82) is 0 Å². The maximum absolute atomic E-state index is 12.1. The van der Waals surface area contributed by atoms with Gasteiger partial charge >= 0.3 is 5.97 Å². The Morgan fingerprint density at radius 1 is 1.30 bits per heavy atom. The molecule has 0 aliphatic carbocycles. The van der Waals surface area contributed by atoms with E-state index in [9.17, 15) is 9.90 Å². The molecule has 0 aliphatic rings. The largest absolute Gasteiger partial charge is 0.467 e. The van der Waals surface area contributed by atoms with E-state index < -0.39 is 6.04 Å². The number of hydrogen-bond donors (Lipinski definition) is 1. The molecule has 0 radical (unpaired) electrons. The number of aromatic nitrogens is 3. The average Bonchev–Trinajstić information content (AvgIpc) is 2.97. The minimum Gasteiger partial charge on any atom is -0.467 e. The van der Waals surface area contributed by atoms with Gasteiger partial charge in [0, 0.05) is 17.0 Å². The van der Waals surface area contributed by atoms with Crippen LogP contribution in [0.4, 0.5) is 0 Å². The van der Waals surface area contributed by atoms with Crippen LogP contribution in [0, 0.1) is 5.92 Å². The van der Waals surface area contributed by atoms with Gasteiger partial charge in [-0.1, -0.05) is 26.0 Å². The molecule has 6 heteroatoms. The van der Waals surface area contributed by atoms with Crippen molar-refractivity contribution in [2.75, 3.05) is 7.11 Å². The van der Waals surface area contributed by atoms with Crippen LogP contribution in [0.25, 0.3) is 21.8 Å². The molecule has 1 N–H and O–H groups in total. The second-order valence-electron chi connectivity index (χ2n) is 5.89. The summed E-state index contributed by atoms with van der Waals surface area (Å²) in [4.78, 5) is 16.4. The lowest BCUT2D eigenvalue weighted by atomic mass is 10.1. The highest BCUT2D eigenvalue weighted by atomic mass is 16.5. The van der Waals surface area contributed by atoms with Crippen LogP contribution < -0.4 is 0 Å². The van der Waals surface area contributed by atoms with Crippen molar-refractivity contribution < 1.29 is 14.6 Å². The summed E-state index contributed by atoms with van der Waals surface area (Å²) in [6.45, 7) is 3.89. The van der Waals surface area contributed by atoms with Gasteiger partial charge in [-0.3, -0.25) is 9.67 Å². The van der Waals surface area contributed by atoms with E-state index in [1.165, 1.54) is 7.11 Å². The van der Waals surface area contributed by atoms with E-state index in [0.29, 0.717) is 0 Å². The van der Waals surface area contributed by atoms with Crippen LogP contribution in [0.3, 0.4) is 0 Å². The fourth-order valence-corrected chi connectivity index (χ4v) is 2.80. The highest BCUT2D eigenvalue weighted by Crippen LogP contribution is 2.27. The first-order valence-corrected chi connectivity index (χ1v) is 7.50. The van der Waals surface area contributed by atoms with Gasteiger partial charge in [-0.05, 0) is 17.5 Å². The highest BCUT2D eigenvalue weighted by Gasteiger charge is 2.26. The van der Waals surface area contributed by atoms with E-state index in [4.69, 9.17) is 4.74 Å². The molecule has 0 amide bonds. The molecule has 2 aromatic heterocycles. The molecule has 0 saturated carbocycles. The van der Waals surface area contributed by atoms with Crippen LogP contribution in [0.2, 0.25) is 0 Å². The number of esters is 1. The fraction of sp³-hybridized carbons (Fsp3) is 0.353. The lowest BCUT2D eigenvalue weighted by Gasteiger charge is -2.18. The van der Waals surface area contributed by atoms with Gasteiger partial charge in [-0.25, -0.2) is 4.79 Å². The van der Waals surface area contributed by atoms with Crippen molar-refractivity contribution in [3.63, 3.8) is 0 Å². The van der Waals surface area contributed by atoms with Crippen molar-refractivity contribution in [3.8, 4) is 0 Å². The Bertz CT molecular complexity index is 870. The van der Waals surface area contributed by atoms with Gasteiger partial charge in [0.2, 0.25) is 0 Å². The lowest BCUT2D eigenvalue weighted by molar-refractivity contribution is -0.146. The summed E-state index contributed by atoms with van der Waals surface area (Å²) in [5, 5.41) is 15.6. The number of methoxy groups -OCH3 is 1. The topological polar surface area (TPSA) is 77.2 Å². The highest BCUT2D eigenvalue weighted by molar-refractivity contribution is 6.04. The molecule has 0 aliphatic heterocycles. The van der Waals surface area contributed by atoms with Crippen LogP contribution in [0.1, 0.15) is 25.5 Å². The van der Waals surface area contributed by atoms with Gasteiger partial charge < -0.3 is 9.84 Å². The third kappa shape index (κ3) is 2.66. The lowest BCUT2D eigenvalue weighted by Crippen LogP contribution is -2.26. The second kappa shape index (κ2) is 5.96. The molecule has 6 nitrogen and oxygen atoms in total. The quantitative estimate of drug-likeness (QED) is 0.749. The van der Waals surface area contributed by atoms with Crippen molar-refractivity contribution in [1.82, 2.24) is 14.8 Å². The van der Waals surface area contributed by atoms with Gasteiger partial charge in [0.15, 0.2) is 6.04 Å². The molecule has 3 rings (SSSR count). The zero-order valence-electron chi connectivity index (χ0n) is 13.4. The van der Waals surface area contributed by atoms with E-state index in [1.807, 2.05) is 38.2 Å². The predicted octanol–water partition coefficient (Wildman–Crippen LogP) is 2.45. The molecule has 3 aromatic rings. The number of carbonyl (C=O) groups is 1. The average molecular weight is 313 g/mol. The molecular weight excluding hydrogens is 294 g/mol. The third-order valence-electron chi connectivity index (χ3n) is 3.98. The summed E-state index contributed by atoms with van der Waals surface area (Å²) in [5.41, 5.74) is 2.33. The van der Waals surface area contributed by atoms with E-state index in [1.54, 1.807) is 10.9 Å². The van der Waals surface area contributed by atoms with Gasteiger partial charge in [0.1, 0.15) is 5.52 Å². The molecular formula is C17H19N3O3. The Hall–Kier alpha value is -2.47. The number of carbonyl (C=O) groups excluding carboxylic acids is 1.